The first-order valence-corrected chi connectivity index (χ1v) is 8.85. The van der Waals surface area contributed by atoms with Gasteiger partial charge in [-0.1, -0.05) is 40.0 Å². The van der Waals surface area contributed by atoms with E-state index in [0.29, 0.717) is 10.2 Å². The highest BCUT2D eigenvalue weighted by Crippen LogP contribution is 2.32. The molecule has 26 heavy (non-hydrogen) atoms. The van der Waals surface area contributed by atoms with E-state index in [1.165, 1.54) is 6.07 Å². The first kappa shape index (κ1) is 18.7. The van der Waals surface area contributed by atoms with E-state index in [4.69, 9.17) is 0 Å². The quantitative estimate of drug-likeness (QED) is 0.868. The van der Waals surface area contributed by atoms with Crippen LogP contribution < -0.4 is 5.32 Å². The maximum atomic E-state index is 13.5. The molecule has 2 heterocycles. The Labute approximate surface area is 150 Å². The second kappa shape index (κ2) is 6.55. The molecule has 1 aliphatic carbocycles. The molecule has 1 aliphatic rings. The van der Waals surface area contributed by atoms with Crippen LogP contribution in [0.5, 0.6) is 0 Å². The van der Waals surface area contributed by atoms with Crippen molar-refractivity contribution in [2.24, 2.45) is 0 Å². The number of amides is 1. The third kappa shape index (κ3) is 3.83. The summed E-state index contributed by atoms with van der Waals surface area (Å²) in [6.07, 6.45) is 0.424. The van der Waals surface area contributed by atoms with Gasteiger partial charge in [-0.2, -0.15) is 18.3 Å². The Bertz CT molecular complexity index is 814. The Balaban J connectivity index is 1.99. The summed E-state index contributed by atoms with van der Waals surface area (Å²) in [6, 6.07) is 2.38. The second-order valence-corrected chi connectivity index (χ2v) is 7.88. The third-order valence-corrected chi connectivity index (χ3v) is 4.66. The minimum atomic E-state index is -4.59. The SMILES string of the molecule is CC(C)(C)c1cc(C(F)(F)F)n2nc(C(=O)NC3CCCCC3)cc2n1. The Morgan fingerprint density at radius 3 is 2.38 bits per heavy atom. The van der Waals surface area contributed by atoms with Crippen molar-refractivity contribution in [3.05, 3.63) is 29.2 Å². The molecule has 1 amide bonds. The molecule has 142 valence electrons. The molecule has 0 saturated heterocycles. The monoisotopic (exact) mass is 368 g/mol. The number of hydrogen-bond acceptors (Lipinski definition) is 3. The maximum Gasteiger partial charge on any atom is 0.433 e. The summed E-state index contributed by atoms with van der Waals surface area (Å²) >= 11 is 0. The van der Waals surface area contributed by atoms with Crippen molar-refractivity contribution in [1.82, 2.24) is 19.9 Å². The van der Waals surface area contributed by atoms with Gasteiger partial charge in [0.1, 0.15) is 5.69 Å². The van der Waals surface area contributed by atoms with Crippen LogP contribution in [-0.2, 0) is 11.6 Å². The Morgan fingerprint density at radius 2 is 1.81 bits per heavy atom. The lowest BCUT2D eigenvalue weighted by molar-refractivity contribution is -0.142. The molecule has 5 nitrogen and oxygen atoms in total. The fourth-order valence-corrected chi connectivity index (χ4v) is 3.18. The summed E-state index contributed by atoms with van der Waals surface area (Å²) in [5.41, 5.74) is -1.20. The Morgan fingerprint density at radius 1 is 1.15 bits per heavy atom. The molecule has 0 aliphatic heterocycles. The zero-order valence-electron chi connectivity index (χ0n) is 15.2. The van der Waals surface area contributed by atoms with Crippen molar-refractivity contribution < 1.29 is 18.0 Å². The molecule has 2 aromatic rings. The van der Waals surface area contributed by atoms with Crippen LogP contribution in [0.15, 0.2) is 12.1 Å². The van der Waals surface area contributed by atoms with Gasteiger partial charge in [-0.05, 0) is 18.9 Å². The maximum absolute atomic E-state index is 13.5. The summed E-state index contributed by atoms with van der Waals surface area (Å²) in [5.74, 6) is -0.451. The van der Waals surface area contributed by atoms with Gasteiger partial charge in [-0.3, -0.25) is 4.79 Å². The summed E-state index contributed by atoms with van der Waals surface area (Å²) < 4.78 is 41.2. The van der Waals surface area contributed by atoms with Crippen LogP contribution in [0.3, 0.4) is 0 Å². The van der Waals surface area contributed by atoms with Crippen molar-refractivity contribution in [3.63, 3.8) is 0 Å². The minimum Gasteiger partial charge on any atom is -0.348 e. The number of carbonyl (C=O) groups excluding carboxylic acids is 1. The largest absolute Gasteiger partial charge is 0.433 e. The van der Waals surface area contributed by atoms with Crippen molar-refractivity contribution in [1.29, 1.82) is 0 Å². The second-order valence-electron chi connectivity index (χ2n) is 7.88. The molecule has 1 saturated carbocycles. The van der Waals surface area contributed by atoms with Crippen LogP contribution in [-0.4, -0.2) is 26.5 Å². The zero-order valence-corrected chi connectivity index (χ0v) is 15.2. The Hall–Kier alpha value is -2.12. The number of aromatic nitrogens is 3. The average molecular weight is 368 g/mol. The lowest BCUT2D eigenvalue weighted by Crippen LogP contribution is -2.36. The van der Waals surface area contributed by atoms with E-state index in [9.17, 15) is 18.0 Å². The number of halogens is 3. The molecule has 0 radical (unpaired) electrons. The number of rotatable bonds is 2. The lowest BCUT2D eigenvalue weighted by atomic mass is 9.91. The molecule has 0 unspecified atom stereocenters. The number of alkyl halides is 3. The summed E-state index contributed by atoms with van der Waals surface area (Å²) in [7, 11) is 0. The predicted molar refractivity (Wildman–Crippen MR) is 91.0 cm³/mol. The average Bonchev–Trinajstić information content (AvgIpc) is 2.97. The first-order chi connectivity index (χ1) is 12.1. The molecule has 0 bridgehead atoms. The van der Waals surface area contributed by atoms with Gasteiger partial charge in [0.25, 0.3) is 5.91 Å². The van der Waals surface area contributed by atoms with E-state index < -0.39 is 23.2 Å². The first-order valence-electron chi connectivity index (χ1n) is 8.85. The van der Waals surface area contributed by atoms with Crippen LogP contribution in [0.2, 0.25) is 0 Å². The fourth-order valence-electron chi connectivity index (χ4n) is 3.18. The van der Waals surface area contributed by atoms with Crippen molar-refractivity contribution in [2.45, 2.75) is 70.5 Å². The lowest BCUT2D eigenvalue weighted by Gasteiger charge is -2.22. The number of nitrogens with one attached hydrogen (secondary N) is 1. The molecular weight excluding hydrogens is 345 g/mol. The molecule has 0 aromatic carbocycles. The van der Waals surface area contributed by atoms with E-state index in [-0.39, 0.29) is 17.4 Å². The van der Waals surface area contributed by atoms with Crippen LogP contribution >= 0.6 is 0 Å². The smallest absolute Gasteiger partial charge is 0.348 e. The van der Waals surface area contributed by atoms with E-state index in [0.717, 1.165) is 38.2 Å². The molecule has 0 spiro atoms. The van der Waals surface area contributed by atoms with E-state index in [1.54, 1.807) is 20.8 Å². The van der Waals surface area contributed by atoms with E-state index in [2.05, 4.69) is 15.4 Å². The molecule has 0 atom stereocenters. The number of nitrogens with zero attached hydrogens (tertiary/aromatic N) is 3. The highest BCUT2D eigenvalue weighted by molar-refractivity contribution is 5.93. The van der Waals surface area contributed by atoms with Gasteiger partial charge in [0.2, 0.25) is 0 Å². The van der Waals surface area contributed by atoms with Gasteiger partial charge in [0.15, 0.2) is 11.3 Å². The van der Waals surface area contributed by atoms with Crippen LogP contribution in [0.1, 0.15) is 74.8 Å². The molecule has 1 fully saturated rings. The van der Waals surface area contributed by atoms with Crippen molar-refractivity contribution >= 4 is 11.6 Å². The van der Waals surface area contributed by atoms with E-state index in [1.807, 2.05) is 0 Å². The van der Waals surface area contributed by atoms with Crippen molar-refractivity contribution in [2.75, 3.05) is 0 Å². The summed E-state index contributed by atoms with van der Waals surface area (Å²) in [4.78, 5) is 16.7. The van der Waals surface area contributed by atoms with Gasteiger partial charge in [-0.25, -0.2) is 9.50 Å². The standard InChI is InChI=1S/C18H23F3N4O/c1-17(2,3)13-10-14(18(19,20)21)25-15(23-13)9-12(24-25)16(26)22-11-7-5-4-6-8-11/h9-11H,4-8H2,1-3H3,(H,22,26). The van der Waals surface area contributed by atoms with E-state index >= 15 is 0 Å². The summed E-state index contributed by atoms with van der Waals surface area (Å²) in [5, 5.41) is 6.77. The van der Waals surface area contributed by atoms with Crippen LogP contribution in [0.25, 0.3) is 5.65 Å². The number of carbonyl (C=O) groups is 1. The van der Waals surface area contributed by atoms with Crippen LogP contribution in [0, 0.1) is 0 Å². The molecule has 2 aromatic heterocycles. The normalized spacial score (nSPS) is 16.8. The minimum absolute atomic E-state index is 0.0264. The number of fused-ring (bicyclic) bond motifs is 1. The predicted octanol–water partition coefficient (Wildman–Crippen LogP) is 4.11. The fraction of sp³-hybridized carbons (Fsp3) is 0.611. The third-order valence-electron chi connectivity index (χ3n) is 4.66. The zero-order chi connectivity index (χ0) is 19.1. The Kier molecular flexibility index (Phi) is 4.71. The van der Waals surface area contributed by atoms with Gasteiger partial charge in [0, 0.05) is 17.5 Å². The van der Waals surface area contributed by atoms with Gasteiger partial charge in [-0.15, -0.1) is 0 Å². The molecule has 3 rings (SSSR count). The highest BCUT2D eigenvalue weighted by Gasteiger charge is 2.36. The topological polar surface area (TPSA) is 59.3 Å². The van der Waals surface area contributed by atoms with Gasteiger partial charge < -0.3 is 5.32 Å². The molecule has 1 N–H and O–H groups in total. The molecular formula is C18H23F3N4O. The summed E-state index contributed by atoms with van der Waals surface area (Å²) in [6.45, 7) is 5.37. The molecule has 8 heteroatoms. The van der Waals surface area contributed by atoms with Crippen LogP contribution in [0.4, 0.5) is 13.2 Å². The van der Waals surface area contributed by atoms with Gasteiger partial charge in [0.05, 0.1) is 5.69 Å². The van der Waals surface area contributed by atoms with Gasteiger partial charge >= 0.3 is 6.18 Å². The highest BCUT2D eigenvalue weighted by atomic mass is 19.4. The van der Waals surface area contributed by atoms with Crippen molar-refractivity contribution in [3.8, 4) is 0 Å². The number of hydrogen-bond donors (Lipinski definition) is 1.